The van der Waals surface area contributed by atoms with Gasteiger partial charge in [-0.3, -0.25) is 9.59 Å². The second kappa shape index (κ2) is 9.87. The Hall–Kier alpha value is -3.35. The minimum atomic E-state index is -0.823. The SMILES string of the molecule is CC(C)[C@H](NC(=O)OCC1c2ccccc2-c2ccccc21)C(=O)N1CC[C@H](C(=O)O)C[C@@H]1C. The number of amides is 2. The van der Waals surface area contributed by atoms with Gasteiger partial charge in [-0.15, -0.1) is 0 Å². The topological polar surface area (TPSA) is 95.9 Å². The summed E-state index contributed by atoms with van der Waals surface area (Å²) in [6.45, 7) is 6.16. The predicted octanol–water partition coefficient (Wildman–Crippen LogP) is 4.26. The van der Waals surface area contributed by atoms with Crippen molar-refractivity contribution in [2.24, 2.45) is 11.8 Å². The van der Waals surface area contributed by atoms with Gasteiger partial charge in [-0.1, -0.05) is 62.4 Å². The number of ether oxygens (including phenoxy) is 1. The van der Waals surface area contributed by atoms with Crippen molar-refractivity contribution in [1.82, 2.24) is 10.2 Å². The Labute approximate surface area is 200 Å². The first-order valence-electron chi connectivity index (χ1n) is 11.9. The summed E-state index contributed by atoms with van der Waals surface area (Å²) < 4.78 is 5.63. The lowest BCUT2D eigenvalue weighted by molar-refractivity contribution is -0.148. The summed E-state index contributed by atoms with van der Waals surface area (Å²) in [6, 6.07) is 15.3. The average molecular weight is 465 g/mol. The van der Waals surface area contributed by atoms with Crippen LogP contribution in [-0.4, -0.2) is 53.2 Å². The van der Waals surface area contributed by atoms with Gasteiger partial charge < -0.3 is 20.1 Å². The van der Waals surface area contributed by atoms with Crippen LogP contribution in [0.15, 0.2) is 48.5 Å². The number of aliphatic carboxylic acids is 1. The van der Waals surface area contributed by atoms with E-state index in [1.807, 2.05) is 45.0 Å². The van der Waals surface area contributed by atoms with E-state index in [0.717, 1.165) is 22.3 Å². The predicted molar refractivity (Wildman–Crippen MR) is 128 cm³/mol. The van der Waals surface area contributed by atoms with Crippen LogP contribution in [0.4, 0.5) is 4.79 Å². The summed E-state index contributed by atoms with van der Waals surface area (Å²) in [5, 5.41) is 12.1. The fourth-order valence-electron chi connectivity index (χ4n) is 5.18. The Balaban J connectivity index is 1.41. The molecule has 7 nitrogen and oxygen atoms in total. The third-order valence-corrected chi connectivity index (χ3v) is 7.06. The summed E-state index contributed by atoms with van der Waals surface area (Å²) in [5.41, 5.74) is 4.56. The molecule has 1 saturated heterocycles. The average Bonchev–Trinajstić information content (AvgIpc) is 3.14. The van der Waals surface area contributed by atoms with Gasteiger partial charge in [0, 0.05) is 18.5 Å². The van der Waals surface area contributed by atoms with Crippen molar-refractivity contribution in [3.63, 3.8) is 0 Å². The highest BCUT2D eigenvalue weighted by atomic mass is 16.5. The van der Waals surface area contributed by atoms with Crippen LogP contribution in [0.25, 0.3) is 11.1 Å². The summed E-state index contributed by atoms with van der Waals surface area (Å²) in [6.07, 6.45) is 0.208. The molecule has 7 heteroatoms. The number of likely N-dealkylation sites (tertiary alicyclic amines) is 1. The van der Waals surface area contributed by atoms with E-state index in [1.54, 1.807) is 4.90 Å². The molecule has 0 radical (unpaired) electrons. The van der Waals surface area contributed by atoms with Crippen molar-refractivity contribution in [1.29, 1.82) is 0 Å². The van der Waals surface area contributed by atoms with Crippen molar-refractivity contribution in [3.05, 3.63) is 59.7 Å². The minimum Gasteiger partial charge on any atom is -0.481 e. The van der Waals surface area contributed by atoms with Gasteiger partial charge in [0.2, 0.25) is 5.91 Å². The standard InChI is InChI=1S/C27H32N2O5/c1-16(2)24(25(30)29-13-12-18(26(31)32)14-17(29)3)28-27(33)34-15-23-21-10-6-4-8-19(21)20-9-5-7-11-22(20)23/h4-11,16-18,23-24H,12-15H2,1-3H3,(H,28,33)(H,31,32)/t17-,18-,24-/m0/s1. The molecule has 1 aliphatic carbocycles. The molecule has 34 heavy (non-hydrogen) atoms. The third-order valence-electron chi connectivity index (χ3n) is 7.06. The van der Waals surface area contributed by atoms with Crippen molar-refractivity contribution in [2.75, 3.05) is 13.2 Å². The van der Waals surface area contributed by atoms with Crippen LogP contribution >= 0.6 is 0 Å². The second-order valence-electron chi connectivity index (χ2n) is 9.63. The molecule has 2 N–H and O–H groups in total. The number of nitrogens with one attached hydrogen (secondary N) is 1. The summed E-state index contributed by atoms with van der Waals surface area (Å²) in [5.74, 6) is -1.65. The maximum atomic E-state index is 13.3. The van der Waals surface area contributed by atoms with Gasteiger partial charge >= 0.3 is 12.1 Å². The number of nitrogens with zero attached hydrogens (tertiary/aromatic N) is 1. The van der Waals surface area contributed by atoms with Gasteiger partial charge in [0.15, 0.2) is 0 Å². The van der Waals surface area contributed by atoms with E-state index in [1.165, 1.54) is 0 Å². The number of piperidine rings is 1. The molecule has 1 heterocycles. The van der Waals surface area contributed by atoms with E-state index in [2.05, 4.69) is 29.6 Å². The van der Waals surface area contributed by atoms with E-state index >= 15 is 0 Å². The number of alkyl carbamates (subject to hydrolysis) is 1. The number of carbonyl (C=O) groups excluding carboxylic acids is 2. The molecule has 1 fully saturated rings. The Kier molecular flexibility index (Phi) is 6.91. The van der Waals surface area contributed by atoms with Gasteiger partial charge in [0.05, 0.1) is 5.92 Å². The molecule has 0 aromatic heterocycles. The lowest BCUT2D eigenvalue weighted by Crippen LogP contribution is -2.56. The zero-order chi connectivity index (χ0) is 24.4. The van der Waals surface area contributed by atoms with Crippen LogP contribution in [0.5, 0.6) is 0 Å². The molecule has 2 aliphatic rings. The Morgan fingerprint density at radius 1 is 1.06 bits per heavy atom. The Morgan fingerprint density at radius 3 is 2.18 bits per heavy atom. The van der Waals surface area contributed by atoms with E-state index in [4.69, 9.17) is 4.74 Å². The number of benzene rings is 2. The molecule has 0 bridgehead atoms. The molecule has 2 aromatic rings. The first-order chi connectivity index (χ1) is 16.3. The number of rotatable bonds is 6. The van der Waals surface area contributed by atoms with Gasteiger partial charge in [0.1, 0.15) is 12.6 Å². The van der Waals surface area contributed by atoms with E-state index in [9.17, 15) is 19.5 Å². The molecule has 4 rings (SSSR count). The first-order valence-corrected chi connectivity index (χ1v) is 11.9. The third kappa shape index (κ3) is 4.65. The van der Waals surface area contributed by atoms with Crippen molar-refractivity contribution >= 4 is 18.0 Å². The van der Waals surface area contributed by atoms with Crippen LogP contribution in [0.1, 0.15) is 50.7 Å². The van der Waals surface area contributed by atoms with E-state index < -0.39 is 24.0 Å². The number of hydrogen-bond acceptors (Lipinski definition) is 4. The maximum Gasteiger partial charge on any atom is 0.407 e. The highest BCUT2D eigenvalue weighted by Crippen LogP contribution is 2.44. The van der Waals surface area contributed by atoms with Crippen molar-refractivity contribution in [3.8, 4) is 11.1 Å². The van der Waals surface area contributed by atoms with Gasteiger partial charge in [-0.25, -0.2) is 4.79 Å². The van der Waals surface area contributed by atoms with Crippen LogP contribution in [0.2, 0.25) is 0 Å². The smallest absolute Gasteiger partial charge is 0.407 e. The van der Waals surface area contributed by atoms with E-state index in [0.29, 0.717) is 19.4 Å². The fraction of sp³-hybridized carbons (Fsp3) is 0.444. The molecule has 0 spiro atoms. The maximum absolute atomic E-state index is 13.3. The quantitative estimate of drug-likeness (QED) is 0.666. The van der Waals surface area contributed by atoms with Gasteiger partial charge in [0.25, 0.3) is 0 Å². The van der Waals surface area contributed by atoms with Crippen molar-refractivity contribution < 1.29 is 24.2 Å². The summed E-state index contributed by atoms with van der Waals surface area (Å²) in [7, 11) is 0. The Morgan fingerprint density at radius 2 is 1.65 bits per heavy atom. The molecule has 3 atom stereocenters. The van der Waals surface area contributed by atoms with E-state index in [-0.39, 0.29) is 30.4 Å². The highest BCUT2D eigenvalue weighted by Gasteiger charge is 2.37. The lowest BCUT2D eigenvalue weighted by atomic mass is 9.90. The second-order valence-corrected chi connectivity index (χ2v) is 9.63. The molecular formula is C27H32N2O5. The van der Waals surface area contributed by atoms with Gasteiger partial charge in [-0.05, 0) is 47.9 Å². The zero-order valence-electron chi connectivity index (χ0n) is 19.9. The molecular weight excluding hydrogens is 432 g/mol. The van der Waals surface area contributed by atoms with Crippen LogP contribution in [0, 0.1) is 11.8 Å². The summed E-state index contributed by atoms with van der Waals surface area (Å²) in [4.78, 5) is 39.0. The Bertz CT molecular complexity index is 1040. The number of carboxylic acid groups (broad SMARTS) is 1. The molecule has 0 unspecified atom stereocenters. The largest absolute Gasteiger partial charge is 0.481 e. The number of carboxylic acids is 1. The molecule has 2 aromatic carbocycles. The molecule has 1 aliphatic heterocycles. The number of fused-ring (bicyclic) bond motifs is 3. The number of carbonyl (C=O) groups is 3. The normalized spacial score (nSPS) is 20.4. The van der Waals surface area contributed by atoms with Gasteiger partial charge in [-0.2, -0.15) is 0 Å². The van der Waals surface area contributed by atoms with Crippen LogP contribution in [0.3, 0.4) is 0 Å². The lowest BCUT2D eigenvalue weighted by Gasteiger charge is -2.39. The fourth-order valence-corrected chi connectivity index (χ4v) is 5.18. The molecule has 2 amide bonds. The number of hydrogen-bond donors (Lipinski definition) is 2. The highest BCUT2D eigenvalue weighted by molar-refractivity contribution is 5.86. The van der Waals surface area contributed by atoms with Crippen LogP contribution in [-0.2, 0) is 14.3 Å². The first kappa shape index (κ1) is 23.8. The van der Waals surface area contributed by atoms with Crippen LogP contribution < -0.4 is 5.32 Å². The molecule has 0 saturated carbocycles. The van der Waals surface area contributed by atoms with Crippen molar-refractivity contribution in [2.45, 2.75) is 51.6 Å². The molecule has 180 valence electrons. The minimum absolute atomic E-state index is 0.0542. The zero-order valence-corrected chi connectivity index (χ0v) is 19.9. The monoisotopic (exact) mass is 464 g/mol. The summed E-state index contributed by atoms with van der Waals surface area (Å²) >= 11 is 0.